The average Bonchev–Trinajstić information content (AvgIpc) is 3.47. The zero-order valence-electron chi connectivity index (χ0n) is 18.5. The van der Waals surface area contributed by atoms with E-state index in [0.29, 0.717) is 12.2 Å². The van der Waals surface area contributed by atoms with Crippen LogP contribution in [0.4, 0.5) is 0 Å². The van der Waals surface area contributed by atoms with E-state index in [1.807, 2.05) is 11.6 Å². The Balaban J connectivity index is 1.32. The predicted octanol–water partition coefficient (Wildman–Crippen LogP) is 3.04. The van der Waals surface area contributed by atoms with E-state index in [9.17, 15) is 4.79 Å². The Labute approximate surface area is 188 Å². The lowest BCUT2D eigenvalue weighted by molar-refractivity contribution is 0.0853. The van der Waals surface area contributed by atoms with Gasteiger partial charge >= 0.3 is 0 Å². The summed E-state index contributed by atoms with van der Waals surface area (Å²) in [4.78, 5) is 15.2. The fourth-order valence-corrected chi connectivity index (χ4v) is 4.69. The molecule has 0 radical (unpaired) electrons. The minimum Gasteiger partial charge on any atom is -0.376 e. The summed E-state index contributed by atoms with van der Waals surface area (Å²) in [5.74, 6) is -0.192. The standard InChI is InChI=1S/C25H29N5O2/c1-18-24(25(31)26-15-21-10-6-14-32-21)27-28-30(18)23-11-5-9-20-17-29(13-12-22(20)23)16-19-7-3-2-4-8-19/h2-5,7-9,11,21H,6,10,12-17H2,1H3,(H,26,31)/t21-/m1/s1. The first kappa shape index (κ1) is 20.8. The number of hydrogen-bond acceptors (Lipinski definition) is 5. The summed E-state index contributed by atoms with van der Waals surface area (Å²) in [6.07, 6.45) is 3.09. The minimum atomic E-state index is -0.192. The summed E-state index contributed by atoms with van der Waals surface area (Å²) in [7, 11) is 0. The number of nitrogens with zero attached hydrogens (tertiary/aromatic N) is 4. The highest BCUT2D eigenvalue weighted by atomic mass is 16.5. The molecule has 5 rings (SSSR count). The van der Waals surface area contributed by atoms with Crippen LogP contribution in [0.3, 0.4) is 0 Å². The molecule has 3 aromatic rings. The number of ether oxygens (including phenoxy) is 1. The molecule has 32 heavy (non-hydrogen) atoms. The molecule has 0 saturated carbocycles. The maximum absolute atomic E-state index is 12.7. The highest BCUT2D eigenvalue weighted by Gasteiger charge is 2.24. The van der Waals surface area contributed by atoms with Crippen LogP contribution in [0.5, 0.6) is 0 Å². The number of rotatable bonds is 6. The molecule has 0 aliphatic carbocycles. The number of benzene rings is 2. The minimum absolute atomic E-state index is 0.106. The van der Waals surface area contributed by atoms with Crippen LogP contribution >= 0.6 is 0 Å². The van der Waals surface area contributed by atoms with Crippen molar-refractivity contribution in [2.45, 2.75) is 45.4 Å². The van der Waals surface area contributed by atoms with Gasteiger partial charge in [-0.3, -0.25) is 9.69 Å². The van der Waals surface area contributed by atoms with Gasteiger partial charge in [-0.15, -0.1) is 5.10 Å². The van der Waals surface area contributed by atoms with E-state index in [1.165, 1.54) is 16.7 Å². The largest absolute Gasteiger partial charge is 0.376 e. The van der Waals surface area contributed by atoms with Crippen molar-refractivity contribution < 1.29 is 9.53 Å². The van der Waals surface area contributed by atoms with Crippen molar-refractivity contribution in [3.05, 3.63) is 76.6 Å². The number of nitrogens with one attached hydrogen (secondary N) is 1. The zero-order valence-corrected chi connectivity index (χ0v) is 18.5. The van der Waals surface area contributed by atoms with Crippen molar-refractivity contribution in [3.63, 3.8) is 0 Å². The van der Waals surface area contributed by atoms with Gasteiger partial charge in [-0.25, -0.2) is 4.68 Å². The van der Waals surface area contributed by atoms with Gasteiger partial charge in [0, 0.05) is 32.8 Å². The molecule has 2 aliphatic rings. The lowest BCUT2D eigenvalue weighted by Crippen LogP contribution is -2.32. The van der Waals surface area contributed by atoms with Crippen LogP contribution < -0.4 is 5.32 Å². The second-order valence-corrected chi connectivity index (χ2v) is 8.64. The van der Waals surface area contributed by atoms with Crippen molar-refractivity contribution in [3.8, 4) is 5.69 Å². The van der Waals surface area contributed by atoms with E-state index >= 15 is 0 Å². The van der Waals surface area contributed by atoms with Gasteiger partial charge in [0.05, 0.1) is 17.5 Å². The first-order valence-electron chi connectivity index (χ1n) is 11.4. The molecule has 0 unspecified atom stereocenters. The summed E-state index contributed by atoms with van der Waals surface area (Å²) in [5.41, 5.74) is 6.08. The Kier molecular flexibility index (Phi) is 6.01. The summed E-state index contributed by atoms with van der Waals surface area (Å²) in [5, 5.41) is 11.5. The smallest absolute Gasteiger partial charge is 0.273 e. The molecular formula is C25H29N5O2. The van der Waals surface area contributed by atoms with Crippen LogP contribution in [0, 0.1) is 6.92 Å². The zero-order chi connectivity index (χ0) is 21.9. The average molecular weight is 432 g/mol. The topological polar surface area (TPSA) is 72.3 Å². The lowest BCUT2D eigenvalue weighted by Gasteiger charge is -2.30. The molecule has 1 fully saturated rings. The number of amides is 1. The molecule has 0 spiro atoms. The van der Waals surface area contributed by atoms with Crippen LogP contribution in [0.15, 0.2) is 48.5 Å². The summed E-state index contributed by atoms with van der Waals surface area (Å²) in [6.45, 7) is 6.04. The van der Waals surface area contributed by atoms with Gasteiger partial charge in [0.25, 0.3) is 5.91 Å². The van der Waals surface area contributed by atoms with E-state index in [-0.39, 0.29) is 12.0 Å². The number of carbonyl (C=O) groups excluding carboxylic acids is 1. The third-order valence-corrected chi connectivity index (χ3v) is 6.42. The Hall–Kier alpha value is -3.03. The molecule has 3 heterocycles. The van der Waals surface area contributed by atoms with Crippen LogP contribution in [0.2, 0.25) is 0 Å². The molecule has 1 aromatic heterocycles. The van der Waals surface area contributed by atoms with Gasteiger partial charge in [-0.05, 0) is 48.9 Å². The number of hydrogen-bond donors (Lipinski definition) is 1. The van der Waals surface area contributed by atoms with Gasteiger partial charge in [-0.2, -0.15) is 0 Å². The summed E-state index contributed by atoms with van der Waals surface area (Å²) >= 11 is 0. The fraction of sp³-hybridized carbons (Fsp3) is 0.400. The van der Waals surface area contributed by atoms with E-state index in [0.717, 1.165) is 56.9 Å². The van der Waals surface area contributed by atoms with Crippen LogP contribution in [0.1, 0.15) is 45.7 Å². The number of aromatic nitrogens is 3. The Morgan fingerprint density at radius 3 is 2.88 bits per heavy atom. The third kappa shape index (κ3) is 4.31. The van der Waals surface area contributed by atoms with Crippen molar-refractivity contribution in [1.82, 2.24) is 25.2 Å². The van der Waals surface area contributed by atoms with Gasteiger partial charge in [0.1, 0.15) is 0 Å². The Bertz CT molecular complexity index is 1090. The van der Waals surface area contributed by atoms with Gasteiger partial charge in [0.2, 0.25) is 0 Å². The molecule has 7 nitrogen and oxygen atoms in total. The van der Waals surface area contributed by atoms with Crippen molar-refractivity contribution in [2.24, 2.45) is 0 Å². The van der Waals surface area contributed by atoms with Crippen LogP contribution in [0.25, 0.3) is 5.69 Å². The van der Waals surface area contributed by atoms with Crippen LogP contribution in [-0.2, 0) is 24.2 Å². The summed E-state index contributed by atoms with van der Waals surface area (Å²) < 4.78 is 7.40. The van der Waals surface area contributed by atoms with Gasteiger partial charge < -0.3 is 10.1 Å². The lowest BCUT2D eigenvalue weighted by atomic mass is 9.97. The molecule has 2 aromatic carbocycles. The quantitative estimate of drug-likeness (QED) is 0.650. The van der Waals surface area contributed by atoms with Crippen LogP contribution in [-0.4, -0.2) is 51.6 Å². The van der Waals surface area contributed by atoms with Gasteiger partial charge in [0.15, 0.2) is 5.69 Å². The van der Waals surface area contributed by atoms with Crippen molar-refractivity contribution >= 4 is 5.91 Å². The molecule has 0 bridgehead atoms. The molecule has 1 amide bonds. The monoisotopic (exact) mass is 431 g/mol. The maximum Gasteiger partial charge on any atom is 0.273 e. The Morgan fingerprint density at radius 2 is 2.06 bits per heavy atom. The Morgan fingerprint density at radius 1 is 1.19 bits per heavy atom. The highest BCUT2D eigenvalue weighted by Crippen LogP contribution is 2.27. The van der Waals surface area contributed by atoms with E-state index < -0.39 is 0 Å². The van der Waals surface area contributed by atoms with Crippen molar-refractivity contribution in [1.29, 1.82) is 0 Å². The molecular weight excluding hydrogens is 402 g/mol. The molecule has 1 atom stereocenters. The molecule has 166 valence electrons. The number of carbonyl (C=O) groups is 1. The van der Waals surface area contributed by atoms with Gasteiger partial charge in [-0.1, -0.05) is 47.7 Å². The first-order valence-corrected chi connectivity index (χ1v) is 11.4. The highest BCUT2D eigenvalue weighted by molar-refractivity contribution is 5.93. The first-order chi connectivity index (χ1) is 15.7. The molecule has 2 aliphatic heterocycles. The maximum atomic E-state index is 12.7. The normalized spacial score (nSPS) is 18.5. The predicted molar refractivity (Wildman–Crippen MR) is 122 cm³/mol. The fourth-order valence-electron chi connectivity index (χ4n) is 4.69. The third-order valence-electron chi connectivity index (χ3n) is 6.42. The van der Waals surface area contributed by atoms with Crippen molar-refractivity contribution in [2.75, 3.05) is 19.7 Å². The second-order valence-electron chi connectivity index (χ2n) is 8.64. The second kappa shape index (κ2) is 9.22. The van der Waals surface area contributed by atoms with E-state index in [1.54, 1.807) is 0 Å². The molecule has 7 heteroatoms. The number of fused-ring (bicyclic) bond motifs is 1. The molecule has 1 saturated heterocycles. The van der Waals surface area contributed by atoms with E-state index in [4.69, 9.17) is 4.74 Å². The molecule has 1 N–H and O–H groups in total. The SMILES string of the molecule is Cc1c(C(=O)NC[C@H]2CCCO2)nnn1-c1cccc2c1CCN(Cc1ccccc1)C2. The summed E-state index contributed by atoms with van der Waals surface area (Å²) in [6, 6.07) is 16.9. The van der Waals surface area contributed by atoms with E-state index in [2.05, 4.69) is 69.1 Å².